The fourth-order valence-corrected chi connectivity index (χ4v) is 3.94. The molecule has 3 rings (SSSR count). The summed E-state index contributed by atoms with van der Waals surface area (Å²) < 4.78 is 7.92. The molecule has 0 aliphatic heterocycles. The Kier molecular flexibility index (Phi) is 4.90. The Labute approximate surface area is 138 Å². The molecule has 0 radical (unpaired) electrons. The maximum absolute atomic E-state index is 12.1. The summed E-state index contributed by atoms with van der Waals surface area (Å²) in [5, 5.41) is 6.13. The minimum absolute atomic E-state index is 0.0430. The Morgan fingerprint density at radius 3 is 2.96 bits per heavy atom. The maximum Gasteiger partial charge on any atom is 0.315 e. The number of aryl methyl sites for hydroxylation is 2. The number of hydrogen-bond acceptors (Lipinski definition) is 3. The number of aromatic nitrogens is 2. The average molecular weight is 320 g/mol. The Balaban J connectivity index is 1.36. The molecule has 1 aromatic rings. The van der Waals surface area contributed by atoms with Crippen LogP contribution < -0.4 is 10.6 Å². The van der Waals surface area contributed by atoms with Gasteiger partial charge in [-0.15, -0.1) is 0 Å². The van der Waals surface area contributed by atoms with E-state index in [1.165, 1.54) is 19.3 Å². The van der Waals surface area contributed by atoms with Gasteiger partial charge in [0.2, 0.25) is 0 Å². The first-order valence-electron chi connectivity index (χ1n) is 8.79. The summed E-state index contributed by atoms with van der Waals surface area (Å²) in [4.78, 5) is 16.3. The number of urea groups is 1. The van der Waals surface area contributed by atoms with Crippen molar-refractivity contribution >= 4 is 6.03 Å². The zero-order chi connectivity index (χ0) is 16.3. The first kappa shape index (κ1) is 16.3. The number of carbonyl (C=O) groups excluding carboxylic acids is 1. The van der Waals surface area contributed by atoms with Crippen molar-refractivity contribution in [3.63, 3.8) is 0 Å². The molecular weight excluding hydrogens is 292 g/mol. The normalized spacial score (nSPS) is 24.8. The van der Waals surface area contributed by atoms with Gasteiger partial charge < -0.3 is 19.9 Å². The minimum atomic E-state index is -0.0430. The van der Waals surface area contributed by atoms with Crippen LogP contribution in [-0.2, 0) is 11.3 Å². The molecule has 0 aromatic carbocycles. The van der Waals surface area contributed by atoms with Crippen LogP contribution >= 0.6 is 0 Å². The predicted octanol–water partition coefficient (Wildman–Crippen LogP) is 2.23. The number of nitrogens with one attached hydrogen (secondary N) is 2. The van der Waals surface area contributed by atoms with E-state index in [4.69, 9.17) is 4.74 Å². The SMILES string of the molecule is CCO[C@H]1C[C@H](NC(=O)NCCCn2ccnc2C)C12CCC2. The maximum atomic E-state index is 12.1. The highest BCUT2D eigenvalue weighted by atomic mass is 16.5. The summed E-state index contributed by atoms with van der Waals surface area (Å²) in [6.45, 7) is 6.36. The lowest BCUT2D eigenvalue weighted by Crippen LogP contribution is -2.68. The van der Waals surface area contributed by atoms with E-state index in [2.05, 4.69) is 20.2 Å². The third-order valence-corrected chi connectivity index (χ3v) is 5.53. The van der Waals surface area contributed by atoms with Crippen LogP contribution in [0.3, 0.4) is 0 Å². The van der Waals surface area contributed by atoms with Crippen LogP contribution in [0.4, 0.5) is 4.79 Å². The fraction of sp³-hybridized carbons (Fsp3) is 0.765. The third-order valence-electron chi connectivity index (χ3n) is 5.53. The van der Waals surface area contributed by atoms with Gasteiger partial charge in [0.25, 0.3) is 0 Å². The van der Waals surface area contributed by atoms with Gasteiger partial charge in [-0.2, -0.15) is 0 Å². The van der Waals surface area contributed by atoms with Crippen molar-refractivity contribution in [2.75, 3.05) is 13.2 Å². The molecule has 0 bridgehead atoms. The number of amides is 2. The van der Waals surface area contributed by atoms with Gasteiger partial charge in [-0.25, -0.2) is 9.78 Å². The smallest absolute Gasteiger partial charge is 0.315 e. The number of nitrogens with zero attached hydrogens (tertiary/aromatic N) is 2. The summed E-state index contributed by atoms with van der Waals surface area (Å²) in [6, 6.07) is 0.238. The van der Waals surface area contributed by atoms with E-state index in [-0.39, 0.29) is 17.5 Å². The zero-order valence-corrected chi connectivity index (χ0v) is 14.2. The van der Waals surface area contributed by atoms with Crippen molar-refractivity contribution in [2.24, 2.45) is 5.41 Å². The van der Waals surface area contributed by atoms with Crippen LogP contribution in [0.1, 0.15) is 44.9 Å². The number of hydrogen-bond donors (Lipinski definition) is 2. The van der Waals surface area contributed by atoms with Gasteiger partial charge >= 0.3 is 6.03 Å². The minimum Gasteiger partial charge on any atom is -0.378 e. The van der Waals surface area contributed by atoms with Crippen molar-refractivity contribution in [1.82, 2.24) is 20.2 Å². The van der Waals surface area contributed by atoms with Gasteiger partial charge in [0, 0.05) is 43.5 Å². The molecule has 1 heterocycles. The molecule has 6 heteroatoms. The standard InChI is InChI=1S/C17H28N4O2/c1-3-23-15-12-14(17(15)6-4-7-17)20-16(22)19-8-5-10-21-11-9-18-13(21)2/h9,11,14-15H,3-8,10,12H2,1-2H3,(H2,19,20,22)/t14-,15-/m0/s1. The van der Waals surface area contributed by atoms with Gasteiger partial charge in [-0.05, 0) is 39.5 Å². The molecule has 2 amide bonds. The molecular formula is C17H28N4O2. The molecule has 2 N–H and O–H groups in total. The first-order valence-corrected chi connectivity index (χ1v) is 8.79. The van der Waals surface area contributed by atoms with Crippen molar-refractivity contribution in [3.8, 4) is 0 Å². The van der Waals surface area contributed by atoms with Crippen molar-refractivity contribution in [2.45, 2.75) is 64.6 Å². The van der Waals surface area contributed by atoms with E-state index in [9.17, 15) is 4.79 Å². The lowest BCUT2D eigenvalue weighted by Gasteiger charge is -2.60. The summed E-state index contributed by atoms with van der Waals surface area (Å²) in [7, 11) is 0. The predicted molar refractivity (Wildman–Crippen MR) is 88.2 cm³/mol. The molecule has 6 nitrogen and oxygen atoms in total. The molecule has 0 unspecified atom stereocenters. The van der Waals surface area contributed by atoms with Crippen LogP contribution in [0.5, 0.6) is 0 Å². The summed E-state index contributed by atoms with van der Waals surface area (Å²) in [5.74, 6) is 1.01. The number of rotatable bonds is 7. The monoisotopic (exact) mass is 320 g/mol. The second-order valence-electron chi connectivity index (χ2n) is 6.74. The van der Waals surface area contributed by atoms with Crippen LogP contribution in [0, 0.1) is 12.3 Å². The van der Waals surface area contributed by atoms with E-state index in [1.807, 2.05) is 20.0 Å². The van der Waals surface area contributed by atoms with Gasteiger partial charge in [0.1, 0.15) is 5.82 Å². The van der Waals surface area contributed by atoms with E-state index < -0.39 is 0 Å². The van der Waals surface area contributed by atoms with E-state index in [0.29, 0.717) is 12.6 Å². The van der Waals surface area contributed by atoms with Crippen molar-refractivity contribution < 1.29 is 9.53 Å². The van der Waals surface area contributed by atoms with Crippen LogP contribution in [0.25, 0.3) is 0 Å². The van der Waals surface area contributed by atoms with E-state index >= 15 is 0 Å². The average Bonchev–Trinajstić information content (AvgIpc) is 2.86. The van der Waals surface area contributed by atoms with E-state index in [0.717, 1.165) is 31.8 Å². The Bertz CT molecular complexity index is 538. The molecule has 1 aromatic heterocycles. The lowest BCUT2D eigenvalue weighted by atomic mass is 9.51. The molecule has 128 valence electrons. The zero-order valence-electron chi connectivity index (χ0n) is 14.2. The molecule has 0 saturated heterocycles. The molecule has 1 spiro atoms. The summed E-state index contributed by atoms with van der Waals surface area (Å²) in [5.41, 5.74) is 0.223. The topological polar surface area (TPSA) is 68.2 Å². The second kappa shape index (κ2) is 6.91. The Morgan fingerprint density at radius 1 is 1.52 bits per heavy atom. The number of imidazole rings is 1. The Hall–Kier alpha value is -1.56. The van der Waals surface area contributed by atoms with Gasteiger partial charge in [-0.1, -0.05) is 6.42 Å². The largest absolute Gasteiger partial charge is 0.378 e. The highest BCUT2D eigenvalue weighted by Crippen LogP contribution is 2.57. The fourth-order valence-electron chi connectivity index (χ4n) is 3.94. The van der Waals surface area contributed by atoms with Gasteiger partial charge in [0.05, 0.1) is 6.10 Å². The van der Waals surface area contributed by atoms with Gasteiger partial charge in [-0.3, -0.25) is 0 Å². The first-order chi connectivity index (χ1) is 11.2. The third kappa shape index (κ3) is 3.22. The molecule has 2 atom stereocenters. The summed E-state index contributed by atoms with van der Waals surface area (Å²) in [6.07, 6.45) is 9.60. The van der Waals surface area contributed by atoms with E-state index in [1.54, 1.807) is 6.20 Å². The molecule has 2 saturated carbocycles. The Morgan fingerprint density at radius 2 is 2.35 bits per heavy atom. The quantitative estimate of drug-likeness (QED) is 0.757. The number of carbonyl (C=O) groups is 1. The van der Waals surface area contributed by atoms with Crippen LogP contribution in [-0.4, -0.2) is 40.9 Å². The lowest BCUT2D eigenvalue weighted by molar-refractivity contribution is -0.169. The number of ether oxygens (including phenoxy) is 1. The highest BCUT2D eigenvalue weighted by molar-refractivity contribution is 5.74. The summed E-state index contributed by atoms with van der Waals surface area (Å²) >= 11 is 0. The second-order valence-corrected chi connectivity index (χ2v) is 6.74. The van der Waals surface area contributed by atoms with Crippen LogP contribution in [0.15, 0.2) is 12.4 Å². The van der Waals surface area contributed by atoms with Crippen LogP contribution in [0.2, 0.25) is 0 Å². The van der Waals surface area contributed by atoms with Crippen molar-refractivity contribution in [3.05, 3.63) is 18.2 Å². The molecule has 2 aliphatic carbocycles. The highest BCUT2D eigenvalue weighted by Gasteiger charge is 2.59. The molecule has 2 fully saturated rings. The molecule has 2 aliphatic rings. The van der Waals surface area contributed by atoms with Crippen molar-refractivity contribution in [1.29, 1.82) is 0 Å². The molecule has 23 heavy (non-hydrogen) atoms. The van der Waals surface area contributed by atoms with Gasteiger partial charge in [0.15, 0.2) is 0 Å².